The lowest BCUT2D eigenvalue weighted by molar-refractivity contribution is -0.142. The molecule has 5 nitrogen and oxygen atoms in total. The molecule has 0 saturated carbocycles. The fraction of sp³-hybridized carbons (Fsp3) is 0.333. The number of aromatic nitrogens is 2. The van der Waals surface area contributed by atoms with Crippen molar-refractivity contribution in [2.45, 2.75) is 32.5 Å². The van der Waals surface area contributed by atoms with E-state index in [-0.39, 0.29) is 15.7 Å². The van der Waals surface area contributed by atoms with Crippen LogP contribution in [-0.4, -0.2) is 21.5 Å². The molecule has 2 aromatic rings. The molecule has 1 amide bonds. The summed E-state index contributed by atoms with van der Waals surface area (Å²) in [5.41, 5.74) is -2.52. The van der Waals surface area contributed by atoms with Gasteiger partial charge in [0.1, 0.15) is 5.60 Å². The summed E-state index contributed by atoms with van der Waals surface area (Å²) >= 11 is 11.6. The Morgan fingerprint density at radius 3 is 2.36 bits per heavy atom. The maximum Gasteiger partial charge on any atom is 0.435 e. The van der Waals surface area contributed by atoms with Crippen LogP contribution in [0.2, 0.25) is 10.0 Å². The number of alkyl halides is 3. The fourth-order valence-electron chi connectivity index (χ4n) is 1.94. The molecule has 136 valence electrons. The molecule has 0 unspecified atom stereocenters. The molecule has 1 heterocycles. The Kier molecular flexibility index (Phi) is 5.24. The van der Waals surface area contributed by atoms with Crippen LogP contribution < -0.4 is 5.32 Å². The zero-order valence-electron chi connectivity index (χ0n) is 13.4. The Morgan fingerprint density at radius 1 is 1.20 bits per heavy atom. The molecule has 1 N–H and O–H groups in total. The molecule has 0 aliphatic rings. The van der Waals surface area contributed by atoms with Crippen molar-refractivity contribution in [1.82, 2.24) is 9.78 Å². The molecule has 0 spiro atoms. The minimum Gasteiger partial charge on any atom is -0.444 e. The Morgan fingerprint density at radius 2 is 1.84 bits per heavy atom. The number of carbonyl (C=O) groups excluding carboxylic acids is 1. The van der Waals surface area contributed by atoms with Crippen LogP contribution >= 0.6 is 23.2 Å². The van der Waals surface area contributed by atoms with Crippen LogP contribution in [0.1, 0.15) is 26.5 Å². The van der Waals surface area contributed by atoms with Gasteiger partial charge in [-0.2, -0.15) is 18.3 Å². The molecule has 25 heavy (non-hydrogen) atoms. The molecule has 0 aliphatic heterocycles. The summed E-state index contributed by atoms with van der Waals surface area (Å²) in [6, 6.07) is 3.92. The number of ether oxygens (including phenoxy) is 1. The first kappa shape index (κ1) is 19.4. The van der Waals surface area contributed by atoms with E-state index in [1.165, 1.54) is 18.2 Å². The van der Waals surface area contributed by atoms with Crippen LogP contribution in [0.15, 0.2) is 24.4 Å². The van der Waals surface area contributed by atoms with Gasteiger partial charge in [-0.25, -0.2) is 9.48 Å². The largest absolute Gasteiger partial charge is 0.444 e. The van der Waals surface area contributed by atoms with E-state index in [0.717, 1.165) is 6.20 Å². The first-order valence-corrected chi connectivity index (χ1v) is 7.75. The summed E-state index contributed by atoms with van der Waals surface area (Å²) in [7, 11) is 0. The average Bonchev–Trinajstić information content (AvgIpc) is 2.83. The molecule has 0 saturated heterocycles. The highest BCUT2D eigenvalue weighted by Crippen LogP contribution is 2.37. The topological polar surface area (TPSA) is 56.1 Å². The Balaban J connectivity index is 2.45. The van der Waals surface area contributed by atoms with Crippen LogP contribution in [0.3, 0.4) is 0 Å². The quantitative estimate of drug-likeness (QED) is 0.725. The van der Waals surface area contributed by atoms with Gasteiger partial charge in [0.25, 0.3) is 0 Å². The van der Waals surface area contributed by atoms with Crippen LogP contribution in [0.4, 0.5) is 23.7 Å². The number of amides is 1. The minimum atomic E-state index is -4.78. The monoisotopic (exact) mass is 395 g/mol. The van der Waals surface area contributed by atoms with Crippen molar-refractivity contribution >= 4 is 35.0 Å². The second kappa shape index (κ2) is 6.76. The third-order valence-electron chi connectivity index (χ3n) is 2.82. The maximum atomic E-state index is 13.5. The van der Waals surface area contributed by atoms with Gasteiger partial charge in [-0.15, -0.1) is 0 Å². The van der Waals surface area contributed by atoms with Gasteiger partial charge < -0.3 is 4.74 Å². The molecule has 0 atom stereocenters. The molecule has 0 radical (unpaired) electrons. The highest BCUT2D eigenvalue weighted by Gasteiger charge is 2.39. The SMILES string of the molecule is CC(C)(C)OC(=O)Nc1cnn(-c2ccc(Cl)c(Cl)c2)c1C(F)(F)F. The van der Waals surface area contributed by atoms with Crippen LogP contribution in [0.5, 0.6) is 0 Å². The second-order valence-electron chi connectivity index (χ2n) is 6.04. The summed E-state index contributed by atoms with van der Waals surface area (Å²) in [5.74, 6) is 0. The highest BCUT2D eigenvalue weighted by atomic mass is 35.5. The van der Waals surface area contributed by atoms with Gasteiger partial charge >= 0.3 is 12.3 Å². The highest BCUT2D eigenvalue weighted by molar-refractivity contribution is 6.42. The number of halogens is 5. The summed E-state index contributed by atoms with van der Waals surface area (Å²) in [4.78, 5) is 11.8. The van der Waals surface area contributed by atoms with Crippen LogP contribution in [-0.2, 0) is 10.9 Å². The Bertz CT molecular complexity index is 798. The summed E-state index contributed by atoms with van der Waals surface area (Å²) < 4.78 is 46.0. The van der Waals surface area contributed by atoms with Crippen molar-refractivity contribution in [1.29, 1.82) is 0 Å². The van der Waals surface area contributed by atoms with Gasteiger partial charge in [0.05, 0.1) is 27.6 Å². The number of benzene rings is 1. The van der Waals surface area contributed by atoms with Crippen molar-refractivity contribution in [2.75, 3.05) is 5.32 Å². The molecule has 0 aliphatic carbocycles. The van der Waals surface area contributed by atoms with Crippen molar-refractivity contribution in [2.24, 2.45) is 0 Å². The molecule has 10 heteroatoms. The number of anilines is 1. The first-order chi connectivity index (χ1) is 11.4. The van der Waals surface area contributed by atoms with E-state index in [1.54, 1.807) is 20.8 Å². The normalized spacial score (nSPS) is 12.2. The second-order valence-corrected chi connectivity index (χ2v) is 6.86. The minimum absolute atomic E-state index is 0.0407. The average molecular weight is 396 g/mol. The molecule has 2 rings (SSSR count). The van der Waals surface area contributed by atoms with Crippen LogP contribution in [0, 0.1) is 0 Å². The summed E-state index contributed by atoms with van der Waals surface area (Å²) in [6.45, 7) is 4.78. The summed E-state index contributed by atoms with van der Waals surface area (Å²) in [6.07, 6.45) is -4.92. The molecule has 1 aromatic carbocycles. The number of hydrogen-bond acceptors (Lipinski definition) is 3. The molecular formula is C15H14Cl2F3N3O2. The van der Waals surface area contributed by atoms with Gasteiger partial charge in [-0.05, 0) is 39.0 Å². The van der Waals surface area contributed by atoms with Gasteiger partial charge in [0.2, 0.25) is 0 Å². The predicted octanol–water partition coefficient (Wildman–Crippen LogP) is 5.54. The van der Waals surface area contributed by atoms with Gasteiger partial charge in [-0.3, -0.25) is 5.32 Å². The predicted molar refractivity (Wildman–Crippen MR) is 88.4 cm³/mol. The Labute approximate surface area is 151 Å². The zero-order chi connectivity index (χ0) is 19.0. The fourth-order valence-corrected chi connectivity index (χ4v) is 2.23. The standard InChI is InChI=1S/C15H14Cl2F3N3O2/c1-14(2,3)25-13(24)22-11-7-21-23(12(11)15(18,19)20)8-4-5-9(16)10(17)6-8/h4-7H,1-3H3,(H,22,24). The number of nitrogens with one attached hydrogen (secondary N) is 1. The lowest BCUT2D eigenvalue weighted by Crippen LogP contribution is -2.28. The van der Waals surface area contributed by atoms with E-state index in [9.17, 15) is 18.0 Å². The van der Waals surface area contributed by atoms with E-state index in [0.29, 0.717) is 4.68 Å². The lowest BCUT2D eigenvalue weighted by Gasteiger charge is -2.20. The third-order valence-corrected chi connectivity index (χ3v) is 3.56. The van der Waals surface area contributed by atoms with E-state index in [4.69, 9.17) is 27.9 Å². The number of rotatable bonds is 2. The smallest absolute Gasteiger partial charge is 0.435 e. The van der Waals surface area contributed by atoms with E-state index >= 15 is 0 Å². The Hall–Kier alpha value is -1.93. The van der Waals surface area contributed by atoms with Crippen molar-refractivity contribution in [3.63, 3.8) is 0 Å². The lowest BCUT2D eigenvalue weighted by atomic mass is 10.2. The number of carbonyl (C=O) groups is 1. The van der Waals surface area contributed by atoms with E-state index < -0.39 is 29.3 Å². The molecular weight excluding hydrogens is 382 g/mol. The van der Waals surface area contributed by atoms with E-state index in [1.807, 2.05) is 0 Å². The molecule has 1 aromatic heterocycles. The van der Waals surface area contributed by atoms with Crippen LogP contribution in [0.25, 0.3) is 5.69 Å². The molecule has 0 fully saturated rings. The van der Waals surface area contributed by atoms with Gasteiger partial charge in [0.15, 0.2) is 5.69 Å². The van der Waals surface area contributed by atoms with E-state index in [2.05, 4.69) is 10.4 Å². The number of hydrogen-bond donors (Lipinski definition) is 1. The third kappa shape index (κ3) is 4.79. The first-order valence-electron chi connectivity index (χ1n) is 6.99. The maximum absolute atomic E-state index is 13.5. The molecule has 0 bridgehead atoms. The van der Waals surface area contributed by atoms with Crippen molar-refractivity contribution < 1.29 is 22.7 Å². The van der Waals surface area contributed by atoms with Crippen molar-refractivity contribution in [3.05, 3.63) is 40.1 Å². The van der Waals surface area contributed by atoms with Gasteiger partial charge in [-0.1, -0.05) is 23.2 Å². The zero-order valence-corrected chi connectivity index (χ0v) is 14.9. The number of nitrogens with zero attached hydrogens (tertiary/aromatic N) is 2. The van der Waals surface area contributed by atoms with Gasteiger partial charge in [0, 0.05) is 0 Å². The van der Waals surface area contributed by atoms with Crippen molar-refractivity contribution in [3.8, 4) is 5.69 Å². The summed E-state index contributed by atoms with van der Waals surface area (Å²) in [5, 5.41) is 6.03.